The number of nitrogens with one attached hydrogen (secondary N) is 2. The van der Waals surface area contributed by atoms with Gasteiger partial charge < -0.3 is 15.5 Å². The molecule has 0 fully saturated rings. The van der Waals surface area contributed by atoms with Crippen molar-refractivity contribution in [1.82, 2.24) is 10.2 Å². The average Bonchev–Trinajstić information content (AvgIpc) is 2.61. The summed E-state index contributed by atoms with van der Waals surface area (Å²) in [6.45, 7) is 12.3. The Kier molecular flexibility index (Phi) is 9.34. The van der Waals surface area contributed by atoms with Crippen LogP contribution in [0.1, 0.15) is 45.6 Å². The highest BCUT2D eigenvalue weighted by Crippen LogP contribution is 2.17. The van der Waals surface area contributed by atoms with Gasteiger partial charge in [0.2, 0.25) is 0 Å². The molecule has 2 N–H and O–H groups in total. The van der Waals surface area contributed by atoms with E-state index < -0.39 is 5.91 Å². The van der Waals surface area contributed by atoms with Crippen LogP contribution in [0.4, 0.5) is 5.69 Å². The minimum absolute atomic E-state index is 0.0794. The van der Waals surface area contributed by atoms with E-state index in [-0.39, 0.29) is 5.57 Å². The molecule has 0 aromatic heterocycles. The van der Waals surface area contributed by atoms with Crippen LogP contribution in [0.2, 0.25) is 0 Å². The fraction of sp³-hybridized carbons (Fsp3) is 0.500. The molecule has 1 aromatic rings. The minimum Gasteiger partial charge on any atom is -0.390 e. The first kappa shape index (κ1) is 20.7. The van der Waals surface area contributed by atoms with Crippen LogP contribution in [0.3, 0.4) is 0 Å². The molecule has 0 saturated carbocycles. The molecule has 0 saturated heterocycles. The maximum absolute atomic E-state index is 12.2. The van der Waals surface area contributed by atoms with E-state index in [1.165, 1.54) is 11.8 Å². The molecular formula is C20H30N4O. The molecule has 0 aliphatic heterocycles. The quantitative estimate of drug-likeness (QED) is 0.388. The van der Waals surface area contributed by atoms with E-state index in [1.807, 2.05) is 30.3 Å². The molecule has 1 amide bonds. The second kappa shape index (κ2) is 11.3. The summed E-state index contributed by atoms with van der Waals surface area (Å²) in [5, 5.41) is 15.0. The first-order chi connectivity index (χ1) is 12.0. The lowest BCUT2D eigenvalue weighted by Gasteiger charge is -2.17. The Labute approximate surface area is 151 Å². The van der Waals surface area contributed by atoms with E-state index in [0.717, 1.165) is 32.6 Å². The largest absolute Gasteiger partial charge is 0.390 e. The molecule has 0 bridgehead atoms. The molecule has 1 rings (SSSR count). The van der Waals surface area contributed by atoms with Gasteiger partial charge in [0, 0.05) is 18.4 Å². The molecule has 0 unspecified atom stereocenters. The van der Waals surface area contributed by atoms with E-state index in [2.05, 4.69) is 43.2 Å². The maximum Gasteiger partial charge on any atom is 0.267 e. The molecular weight excluding hydrogens is 312 g/mol. The average molecular weight is 342 g/mol. The summed E-state index contributed by atoms with van der Waals surface area (Å²) in [7, 11) is 0. The highest BCUT2D eigenvalue weighted by atomic mass is 16.1. The third-order valence-electron chi connectivity index (χ3n) is 4.14. The predicted octanol–water partition coefficient (Wildman–Crippen LogP) is 3.48. The van der Waals surface area contributed by atoms with Gasteiger partial charge in [0.1, 0.15) is 11.6 Å². The van der Waals surface area contributed by atoms with Crippen LogP contribution in [-0.4, -0.2) is 37.0 Å². The molecule has 5 nitrogen and oxygen atoms in total. The number of anilines is 1. The third-order valence-corrected chi connectivity index (χ3v) is 4.14. The molecule has 0 aliphatic rings. The molecule has 1 aromatic carbocycles. The van der Waals surface area contributed by atoms with Crippen LogP contribution in [0.25, 0.3) is 0 Å². The molecule has 0 aliphatic carbocycles. The van der Waals surface area contributed by atoms with Crippen molar-refractivity contribution in [3.8, 4) is 6.07 Å². The molecule has 0 spiro atoms. The van der Waals surface area contributed by atoms with Gasteiger partial charge in [0.15, 0.2) is 0 Å². The molecule has 5 heteroatoms. The normalized spacial score (nSPS) is 11.5. The van der Waals surface area contributed by atoms with Crippen molar-refractivity contribution in [2.75, 3.05) is 31.5 Å². The van der Waals surface area contributed by atoms with Gasteiger partial charge in [-0.1, -0.05) is 39.8 Å². The van der Waals surface area contributed by atoms with Crippen LogP contribution in [-0.2, 0) is 4.79 Å². The number of carbonyl (C=O) groups excluding carboxylic acids is 1. The van der Waals surface area contributed by atoms with Gasteiger partial charge >= 0.3 is 0 Å². The number of hydrogen-bond acceptors (Lipinski definition) is 4. The number of nitriles is 1. The standard InChI is InChI=1S/C20H30N4O/c1-5-24(6-2)13-7-12-22-15-18(14-21)20(25)23-19-10-8-17(9-11-19)16(3)4/h8-11,15-16,22H,5-7,12-13H2,1-4H3,(H,23,25)/b18-15-. The second-order valence-corrected chi connectivity index (χ2v) is 6.24. The number of benzene rings is 1. The van der Waals surface area contributed by atoms with Crippen molar-refractivity contribution >= 4 is 11.6 Å². The topological polar surface area (TPSA) is 68.2 Å². The Morgan fingerprint density at radius 3 is 2.40 bits per heavy atom. The van der Waals surface area contributed by atoms with E-state index in [1.54, 1.807) is 0 Å². The monoisotopic (exact) mass is 342 g/mol. The predicted molar refractivity (Wildman–Crippen MR) is 103 cm³/mol. The van der Waals surface area contributed by atoms with Gasteiger partial charge in [0.05, 0.1) is 0 Å². The second-order valence-electron chi connectivity index (χ2n) is 6.24. The zero-order valence-corrected chi connectivity index (χ0v) is 15.8. The third kappa shape index (κ3) is 7.40. The lowest BCUT2D eigenvalue weighted by atomic mass is 10.0. The van der Waals surface area contributed by atoms with Crippen molar-refractivity contribution < 1.29 is 4.79 Å². The van der Waals surface area contributed by atoms with Crippen molar-refractivity contribution in [2.45, 2.75) is 40.0 Å². The lowest BCUT2D eigenvalue weighted by Crippen LogP contribution is -2.26. The van der Waals surface area contributed by atoms with Crippen LogP contribution in [0.15, 0.2) is 36.0 Å². The van der Waals surface area contributed by atoms with Crippen molar-refractivity contribution in [2.24, 2.45) is 0 Å². The van der Waals surface area contributed by atoms with Crippen LogP contribution in [0.5, 0.6) is 0 Å². The van der Waals surface area contributed by atoms with Gasteiger partial charge in [-0.3, -0.25) is 4.79 Å². The lowest BCUT2D eigenvalue weighted by molar-refractivity contribution is -0.112. The fourth-order valence-corrected chi connectivity index (χ4v) is 2.42. The number of amides is 1. The summed E-state index contributed by atoms with van der Waals surface area (Å²) in [5.41, 5.74) is 1.98. The Hall–Kier alpha value is -2.32. The molecule has 0 atom stereocenters. The summed E-state index contributed by atoms with van der Waals surface area (Å²) in [4.78, 5) is 14.5. The van der Waals surface area contributed by atoms with Crippen molar-refractivity contribution in [3.63, 3.8) is 0 Å². The maximum atomic E-state index is 12.2. The number of rotatable bonds is 10. The summed E-state index contributed by atoms with van der Waals surface area (Å²) in [6.07, 6.45) is 2.47. The van der Waals surface area contributed by atoms with E-state index in [9.17, 15) is 10.1 Å². The van der Waals surface area contributed by atoms with Crippen LogP contribution in [0, 0.1) is 11.3 Å². The van der Waals surface area contributed by atoms with Crippen LogP contribution < -0.4 is 10.6 Å². The number of carbonyl (C=O) groups is 1. The zero-order chi connectivity index (χ0) is 18.7. The SMILES string of the molecule is CCN(CC)CCCN/C=C(/C#N)C(=O)Nc1ccc(C(C)C)cc1. The Morgan fingerprint density at radius 2 is 1.88 bits per heavy atom. The summed E-state index contributed by atoms with van der Waals surface area (Å²) >= 11 is 0. The summed E-state index contributed by atoms with van der Waals surface area (Å²) < 4.78 is 0. The van der Waals surface area contributed by atoms with Crippen molar-refractivity contribution in [1.29, 1.82) is 5.26 Å². The highest BCUT2D eigenvalue weighted by Gasteiger charge is 2.09. The van der Waals surface area contributed by atoms with E-state index in [0.29, 0.717) is 11.6 Å². The molecule has 0 heterocycles. The van der Waals surface area contributed by atoms with Crippen molar-refractivity contribution in [3.05, 3.63) is 41.6 Å². The van der Waals surface area contributed by atoms with E-state index in [4.69, 9.17) is 0 Å². The Balaban J connectivity index is 2.49. The van der Waals surface area contributed by atoms with Gasteiger partial charge in [-0.2, -0.15) is 5.26 Å². The van der Waals surface area contributed by atoms with Gasteiger partial charge in [-0.15, -0.1) is 0 Å². The Morgan fingerprint density at radius 1 is 1.24 bits per heavy atom. The summed E-state index contributed by atoms with van der Waals surface area (Å²) in [6, 6.07) is 9.65. The summed E-state index contributed by atoms with van der Waals surface area (Å²) in [5.74, 6) is 0.0518. The fourth-order valence-electron chi connectivity index (χ4n) is 2.42. The zero-order valence-electron chi connectivity index (χ0n) is 15.8. The molecule has 0 radical (unpaired) electrons. The Bertz CT molecular complexity index is 595. The molecule has 136 valence electrons. The first-order valence-electron chi connectivity index (χ1n) is 8.99. The van der Waals surface area contributed by atoms with E-state index >= 15 is 0 Å². The minimum atomic E-state index is -0.393. The molecule has 25 heavy (non-hydrogen) atoms. The number of hydrogen-bond donors (Lipinski definition) is 2. The van der Waals surface area contributed by atoms with Crippen LogP contribution >= 0.6 is 0 Å². The first-order valence-corrected chi connectivity index (χ1v) is 8.99. The van der Waals surface area contributed by atoms with Gasteiger partial charge in [0.25, 0.3) is 5.91 Å². The smallest absolute Gasteiger partial charge is 0.267 e. The highest BCUT2D eigenvalue weighted by molar-refractivity contribution is 6.06. The van der Waals surface area contributed by atoms with Gasteiger partial charge in [-0.25, -0.2) is 0 Å². The van der Waals surface area contributed by atoms with Gasteiger partial charge in [-0.05, 0) is 49.7 Å². The number of nitrogens with zero attached hydrogens (tertiary/aromatic N) is 2.